The first kappa shape index (κ1) is 22.6. The number of amides is 1. The van der Waals surface area contributed by atoms with Gasteiger partial charge in [0.15, 0.2) is 6.61 Å². The summed E-state index contributed by atoms with van der Waals surface area (Å²) < 4.78 is 33.7. The largest absolute Gasteiger partial charge is 0.483 e. The van der Waals surface area contributed by atoms with Crippen LogP contribution in [0.5, 0.6) is 5.75 Å². The van der Waals surface area contributed by atoms with E-state index < -0.39 is 22.5 Å². The molecule has 0 N–H and O–H groups in total. The molecule has 6 heteroatoms. The molecule has 0 saturated carbocycles. The van der Waals surface area contributed by atoms with Crippen molar-refractivity contribution < 1.29 is 17.9 Å². The number of aryl methyl sites for hydroxylation is 4. The van der Waals surface area contributed by atoms with E-state index in [-0.39, 0.29) is 4.90 Å². The molecule has 0 aromatic heterocycles. The van der Waals surface area contributed by atoms with Crippen LogP contribution in [0, 0.1) is 34.6 Å². The van der Waals surface area contributed by atoms with Crippen molar-refractivity contribution in [2.45, 2.75) is 39.5 Å². The fourth-order valence-electron chi connectivity index (χ4n) is 3.23. The van der Waals surface area contributed by atoms with Gasteiger partial charge >= 0.3 is 0 Å². The molecular weight excluding hydrogens is 410 g/mol. The van der Waals surface area contributed by atoms with Crippen LogP contribution in [0.2, 0.25) is 0 Å². The number of hydrogen-bond acceptors (Lipinski definition) is 4. The van der Waals surface area contributed by atoms with Gasteiger partial charge in [-0.05, 0) is 81.1 Å². The smallest absolute Gasteiger partial charge is 0.278 e. The van der Waals surface area contributed by atoms with E-state index in [1.807, 2.05) is 52.0 Å². The Bertz CT molecular complexity index is 1210. The minimum Gasteiger partial charge on any atom is -0.483 e. The predicted octanol–water partition coefficient (Wildman–Crippen LogP) is 5.03. The Balaban J connectivity index is 2.03. The summed E-state index contributed by atoms with van der Waals surface area (Å²) in [5, 5.41) is 0. The highest BCUT2D eigenvalue weighted by molar-refractivity contribution is 7.93. The van der Waals surface area contributed by atoms with Crippen molar-refractivity contribution >= 4 is 21.6 Å². The summed E-state index contributed by atoms with van der Waals surface area (Å²) in [6.45, 7) is 8.97. The van der Waals surface area contributed by atoms with Gasteiger partial charge in [-0.25, -0.2) is 8.42 Å². The number of anilines is 1. The molecule has 31 heavy (non-hydrogen) atoms. The van der Waals surface area contributed by atoms with Gasteiger partial charge in [0.2, 0.25) is 0 Å². The van der Waals surface area contributed by atoms with Crippen LogP contribution in [0.25, 0.3) is 0 Å². The van der Waals surface area contributed by atoms with Crippen LogP contribution in [0.4, 0.5) is 5.69 Å². The molecule has 0 aliphatic heterocycles. The molecular formula is C25H27NO4S. The Hall–Kier alpha value is -3.12. The van der Waals surface area contributed by atoms with E-state index in [1.54, 1.807) is 31.2 Å². The van der Waals surface area contributed by atoms with E-state index in [4.69, 9.17) is 4.74 Å². The Morgan fingerprint density at radius 3 is 2.16 bits per heavy atom. The maximum atomic E-state index is 13.5. The summed E-state index contributed by atoms with van der Waals surface area (Å²) in [6.07, 6.45) is 0. The summed E-state index contributed by atoms with van der Waals surface area (Å²) in [7, 11) is -4.13. The lowest BCUT2D eigenvalue weighted by Gasteiger charge is -2.25. The first-order valence-corrected chi connectivity index (χ1v) is 11.5. The Morgan fingerprint density at radius 2 is 1.48 bits per heavy atom. The predicted molar refractivity (Wildman–Crippen MR) is 123 cm³/mol. The molecule has 0 unspecified atom stereocenters. The number of ether oxygens (including phenoxy) is 1. The Morgan fingerprint density at radius 1 is 0.839 bits per heavy atom. The van der Waals surface area contributed by atoms with Crippen molar-refractivity contribution in [1.82, 2.24) is 0 Å². The molecule has 3 aromatic carbocycles. The third-order valence-corrected chi connectivity index (χ3v) is 7.02. The van der Waals surface area contributed by atoms with Crippen molar-refractivity contribution in [3.05, 3.63) is 88.5 Å². The second-order valence-corrected chi connectivity index (χ2v) is 9.54. The topological polar surface area (TPSA) is 63.7 Å². The van der Waals surface area contributed by atoms with Crippen LogP contribution in [-0.4, -0.2) is 20.9 Å². The molecule has 0 aliphatic carbocycles. The van der Waals surface area contributed by atoms with Crippen molar-refractivity contribution in [3.63, 3.8) is 0 Å². The average molecular weight is 438 g/mol. The average Bonchev–Trinajstić information content (AvgIpc) is 2.72. The number of hydrogen-bond donors (Lipinski definition) is 0. The van der Waals surface area contributed by atoms with E-state index in [1.165, 1.54) is 12.1 Å². The summed E-state index contributed by atoms with van der Waals surface area (Å²) in [5.41, 5.74) is 4.74. The molecule has 0 fully saturated rings. The van der Waals surface area contributed by atoms with Gasteiger partial charge in [-0.2, -0.15) is 4.31 Å². The van der Waals surface area contributed by atoms with Crippen molar-refractivity contribution in [1.29, 1.82) is 0 Å². The molecule has 0 spiro atoms. The van der Waals surface area contributed by atoms with E-state index in [9.17, 15) is 13.2 Å². The summed E-state index contributed by atoms with van der Waals surface area (Å²) in [4.78, 5) is 13.3. The maximum Gasteiger partial charge on any atom is 0.278 e. The molecule has 0 aliphatic rings. The van der Waals surface area contributed by atoms with Gasteiger partial charge < -0.3 is 4.74 Å². The number of rotatable bonds is 6. The van der Waals surface area contributed by atoms with Gasteiger partial charge in [-0.3, -0.25) is 4.79 Å². The molecule has 3 aromatic rings. The molecule has 0 radical (unpaired) electrons. The van der Waals surface area contributed by atoms with Crippen LogP contribution in [0.15, 0.2) is 65.6 Å². The lowest BCUT2D eigenvalue weighted by Crippen LogP contribution is -2.40. The van der Waals surface area contributed by atoms with E-state index in [0.29, 0.717) is 11.4 Å². The van der Waals surface area contributed by atoms with Crippen LogP contribution in [0.3, 0.4) is 0 Å². The fraction of sp³-hybridized carbons (Fsp3) is 0.240. The summed E-state index contributed by atoms with van der Waals surface area (Å²) in [6, 6.07) is 17.4. The molecule has 3 rings (SSSR count). The van der Waals surface area contributed by atoms with E-state index >= 15 is 0 Å². The lowest BCUT2D eigenvalue weighted by molar-refractivity contribution is -0.119. The van der Waals surface area contributed by atoms with Gasteiger partial charge in [-0.1, -0.05) is 42.0 Å². The molecule has 0 heterocycles. The first-order chi connectivity index (χ1) is 14.6. The number of carbonyl (C=O) groups is 1. The quantitative estimate of drug-likeness (QED) is 0.543. The van der Waals surface area contributed by atoms with Gasteiger partial charge in [0, 0.05) is 0 Å². The SMILES string of the molecule is Cc1ccc(S(=O)(=O)N(C(=O)COc2cc(C)ccc2C)c2cccc(C)c2C)cc1. The first-order valence-electron chi connectivity index (χ1n) is 10.0. The van der Waals surface area contributed by atoms with Gasteiger partial charge in [0.05, 0.1) is 10.6 Å². The number of benzene rings is 3. The van der Waals surface area contributed by atoms with E-state index in [2.05, 4.69) is 0 Å². The van der Waals surface area contributed by atoms with Crippen LogP contribution in [-0.2, 0) is 14.8 Å². The van der Waals surface area contributed by atoms with Crippen LogP contribution >= 0.6 is 0 Å². The third kappa shape index (κ3) is 4.80. The molecule has 1 amide bonds. The zero-order chi connectivity index (χ0) is 22.8. The molecule has 0 bridgehead atoms. The highest BCUT2D eigenvalue weighted by Gasteiger charge is 2.32. The standard InChI is InChI=1S/C25H27NO4S/c1-17-10-13-22(14-11-17)31(28,29)26(23-8-6-7-19(3)21(23)5)25(27)16-30-24-15-18(2)9-12-20(24)4/h6-15H,16H2,1-5H3. The van der Waals surface area contributed by atoms with Crippen molar-refractivity contribution in [2.75, 3.05) is 10.9 Å². The summed E-state index contributed by atoms with van der Waals surface area (Å²) >= 11 is 0. The van der Waals surface area contributed by atoms with Gasteiger partial charge in [0.1, 0.15) is 5.75 Å². The second kappa shape index (κ2) is 8.94. The highest BCUT2D eigenvalue weighted by atomic mass is 32.2. The zero-order valence-electron chi connectivity index (χ0n) is 18.5. The number of sulfonamides is 1. The van der Waals surface area contributed by atoms with Crippen LogP contribution in [0.1, 0.15) is 27.8 Å². The lowest BCUT2D eigenvalue weighted by atomic mass is 10.1. The highest BCUT2D eigenvalue weighted by Crippen LogP contribution is 2.29. The van der Waals surface area contributed by atoms with Crippen molar-refractivity contribution in [2.24, 2.45) is 0 Å². The monoisotopic (exact) mass is 437 g/mol. The molecule has 5 nitrogen and oxygen atoms in total. The Labute approximate surface area is 184 Å². The second-order valence-electron chi connectivity index (χ2n) is 7.75. The summed E-state index contributed by atoms with van der Waals surface area (Å²) in [5.74, 6) is -0.0998. The third-order valence-electron chi connectivity index (χ3n) is 5.28. The van der Waals surface area contributed by atoms with Crippen molar-refractivity contribution in [3.8, 4) is 5.75 Å². The van der Waals surface area contributed by atoms with Gasteiger partial charge in [-0.15, -0.1) is 0 Å². The minimum absolute atomic E-state index is 0.0547. The Kier molecular flexibility index (Phi) is 6.51. The molecule has 0 atom stereocenters. The number of carbonyl (C=O) groups excluding carboxylic acids is 1. The number of nitrogens with zero attached hydrogens (tertiary/aromatic N) is 1. The minimum atomic E-state index is -4.13. The normalized spacial score (nSPS) is 11.3. The maximum absolute atomic E-state index is 13.5. The molecule has 0 saturated heterocycles. The fourth-order valence-corrected chi connectivity index (χ4v) is 4.70. The zero-order valence-corrected chi connectivity index (χ0v) is 19.3. The van der Waals surface area contributed by atoms with Crippen LogP contribution < -0.4 is 9.04 Å². The van der Waals surface area contributed by atoms with E-state index in [0.717, 1.165) is 32.1 Å². The van der Waals surface area contributed by atoms with Gasteiger partial charge in [0.25, 0.3) is 15.9 Å². The molecule has 162 valence electrons.